The second kappa shape index (κ2) is 13.1. The number of amides is 1. The summed E-state index contributed by atoms with van der Waals surface area (Å²) in [7, 11) is 3.15. The lowest BCUT2D eigenvalue weighted by Crippen LogP contribution is -2.29. The maximum Gasteiger partial charge on any atom is 0.515 e. The number of ether oxygens (including phenoxy) is 4. The Kier molecular flexibility index (Phi) is 9.10. The molecule has 2 heterocycles. The molecule has 0 aliphatic carbocycles. The van der Waals surface area contributed by atoms with Crippen LogP contribution in [0, 0.1) is 0 Å². The summed E-state index contributed by atoms with van der Waals surface area (Å²) in [5, 5.41) is 0.795. The van der Waals surface area contributed by atoms with Gasteiger partial charge in [0, 0.05) is 24.5 Å². The van der Waals surface area contributed by atoms with Gasteiger partial charge < -0.3 is 28.4 Å². The van der Waals surface area contributed by atoms with Crippen molar-refractivity contribution in [3.8, 4) is 28.5 Å². The lowest BCUT2D eigenvalue weighted by molar-refractivity contribution is -0.116. The Bertz CT molecular complexity index is 1780. The van der Waals surface area contributed by atoms with Crippen LogP contribution in [0.2, 0.25) is 0 Å². The fourth-order valence-corrected chi connectivity index (χ4v) is 5.66. The Hall–Kier alpha value is -4.64. The van der Waals surface area contributed by atoms with Crippen molar-refractivity contribution in [3.63, 3.8) is 0 Å². The molecule has 0 spiro atoms. The molecule has 0 fully saturated rings. The van der Waals surface area contributed by atoms with Crippen LogP contribution < -0.4 is 19.1 Å². The largest absolute Gasteiger partial charge is 0.515 e. The molecule has 2 aromatic heterocycles. The summed E-state index contributed by atoms with van der Waals surface area (Å²) in [5.74, 6) is 1.34. The summed E-state index contributed by atoms with van der Waals surface area (Å²) in [6.45, 7) is 6.51. The smallest absolute Gasteiger partial charge is 0.493 e. The predicted octanol–water partition coefficient (Wildman–Crippen LogP) is 7.07. The van der Waals surface area contributed by atoms with Gasteiger partial charge in [0.1, 0.15) is 11.0 Å². The topological polar surface area (TPSA) is 105 Å². The van der Waals surface area contributed by atoms with E-state index in [9.17, 15) is 9.59 Å². The van der Waals surface area contributed by atoms with E-state index in [1.807, 2.05) is 59.2 Å². The molecule has 0 atom stereocenters. The number of carbonyl (C=O) groups is 2. The number of aromatic nitrogens is 3. The summed E-state index contributed by atoms with van der Waals surface area (Å²) in [5.41, 5.74) is 5.51. The number of methoxy groups -OCH3 is 2. The molecule has 0 radical (unpaired) electrons. The SMILES string of the molecule is CCCCN(C(C)=O)c1ccc2c(c1)c(-c1ccc(OC)c(OC)c1)c(OC(=O)OCC)n2Cc1ccc2nsnc2c1. The molecule has 0 saturated carbocycles. The van der Waals surface area contributed by atoms with Gasteiger partial charge in [-0.1, -0.05) is 25.5 Å². The highest BCUT2D eigenvalue weighted by Crippen LogP contribution is 2.44. The fraction of sp³-hybridized carbons (Fsp3) is 0.312. The standard InChI is InChI=1S/C32H34N4O6S/c1-6-8-15-35(20(3)37)23-11-13-27-24(18-23)30(22-10-14-28(39-4)29(17-22)40-5)31(42-32(38)41-7-2)36(27)19-21-9-12-25-26(16-21)34-43-33-25/h9-14,16-18H,6-8,15,19H2,1-5H3. The molecule has 5 rings (SSSR count). The van der Waals surface area contributed by atoms with E-state index in [1.54, 1.807) is 33.0 Å². The van der Waals surface area contributed by atoms with Crippen LogP contribution in [0.15, 0.2) is 54.6 Å². The Balaban J connectivity index is 1.78. The molecule has 1 amide bonds. The molecule has 43 heavy (non-hydrogen) atoms. The molecule has 0 aliphatic rings. The number of hydrogen-bond acceptors (Lipinski definition) is 9. The monoisotopic (exact) mass is 602 g/mol. The van der Waals surface area contributed by atoms with Gasteiger partial charge in [-0.25, -0.2) is 4.79 Å². The van der Waals surface area contributed by atoms with E-state index in [1.165, 1.54) is 0 Å². The van der Waals surface area contributed by atoms with Crippen molar-refractivity contribution < 1.29 is 28.5 Å². The third-order valence-corrected chi connectivity index (χ3v) is 7.76. The number of hydrogen-bond donors (Lipinski definition) is 0. The minimum absolute atomic E-state index is 0.0481. The van der Waals surface area contributed by atoms with Crippen LogP contribution in [-0.4, -0.2) is 52.7 Å². The average Bonchev–Trinajstić information content (AvgIpc) is 3.59. The summed E-state index contributed by atoms with van der Waals surface area (Å²) >= 11 is 1.16. The minimum Gasteiger partial charge on any atom is -0.493 e. The van der Waals surface area contributed by atoms with Crippen LogP contribution in [0.1, 0.15) is 39.2 Å². The zero-order valence-electron chi connectivity index (χ0n) is 24.9. The van der Waals surface area contributed by atoms with E-state index in [0.717, 1.165) is 63.3 Å². The Morgan fingerprint density at radius 1 is 0.930 bits per heavy atom. The second-order valence-corrected chi connectivity index (χ2v) is 10.5. The lowest BCUT2D eigenvalue weighted by Gasteiger charge is -2.21. The molecule has 0 unspecified atom stereocenters. The first kappa shape index (κ1) is 29.8. The van der Waals surface area contributed by atoms with Gasteiger partial charge in [0.05, 0.1) is 50.2 Å². The maximum absolute atomic E-state index is 12.9. The predicted molar refractivity (Wildman–Crippen MR) is 168 cm³/mol. The van der Waals surface area contributed by atoms with E-state index < -0.39 is 6.16 Å². The highest BCUT2D eigenvalue weighted by molar-refractivity contribution is 7.00. The van der Waals surface area contributed by atoms with E-state index in [-0.39, 0.29) is 12.5 Å². The number of rotatable bonds is 11. The Morgan fingerprint density at radius 3 is 2.44 bits per heavy atom. The van der Waals surface area contributed by atoms with Gasteiger partial charge in [0.2, 0.25) is 11.8 Å². The fourth-order valence-electron chi connectivity index (χ4n) is 5.14. The Labute approximate surface area is 254 Å². The van der Waals surface area contributed by atoms with Crippen molar-refractivity contribution in [2.24, 2.45) is 0 Å². The minimum atomic E-state index is -0.819. The van der Waals surface area contributed by atoms with Gasteiger partial charge in [0.15, 0.2) is 11.5 Å². The van der Waals surface area contributed by atoms with Crippen molar-refractivity contribution in [3.05, 3.63) is 60.2 Å². The molecule has 0 saturated heterocycles. The van der Waals surface area contributed by atoms with E-state index in [0.29, 0.717) is 36.0 Å². The first-order valence-electron chi connectivity index (χ1n) is 14.1. The van der Waals surface area contributed by atoms with E-state index >= 15 is 0 Å². The zero-order chi connectivity index (χ0) is 30.5. The van der Waals surface area contributed by atoms with Gasteiger partial charge in [-0.05, 0) is 66.9 Å². The zero-order valence-corrected chi connectivity index (χ0v) is 25.7. The number of benzene rings is 3. The summed E-state index contributed by atoms with van der Waals surface area (Å²) < 4.78 is 32.9. The molecule has 10 nitrogen and oxygen atoms in total. The summed E-state index contributed by atoms with van der Waals surface area (Å²) in [6.07, 6.45) is 1.00. The first-order chi connectivity index (χ1) is 20.9. The second-order valence-electron chi connectivity index (χ2n) is 9.93. The average molecular weight is 603 g/mol. The maximum atomic E-state index is 12.9. The molecule has 0 aliphatic heterocycles. The quantitative estimate of drug-likeness (QED) is 0.148. The van der Waals surface area contributed by atoms with Crippen LogP contribution in [0.3, 0.4) is 0 Å². The number of fused-ring (bicyclic) bond motifs is 2. The third-order valence-electron chi connectivity index (χ3n) is 7.20. The normalized spacial score (nSPS) is 11.1. The van der Waals surface area contributed by atoms with Crippen molar-refractivity contribution >= 4 is 51.4 Å². The van der Waals surface area contributed by atoms with Crippen molar-refractivity contribution in [2.45, 2.75) is 40.2 Å². The molecular formula is C32H34N4O6S. The van der Waals surface area contributed by atoms with Crippen LogP contribution in [0.4, 0.5) is 10.5 Å². The van der Waals surface area contributed by atoms with E-state index in [4.69, 9.17) is 18.9 Å². The van der Waals surface area contributed by atoms with Crippen LogP contribution in [0.5, 0.6) is 17.4 Å². The molecule has 5 aromatic rings. The lowest BCUT2D eigenvalue weighted by atomic mass is 10.0. The summed E-state index contributed by atoms with van der Waals surface area (Å²) in [6, 6.07) is 17.3. The van der Waals surface area contributed by atoms with Crippen LogP contribution in [0.25, 0.3) is 33.1 Å². The van der Waals surface area contributed by atoms with Gasteiger partial charge in [-0.3, -0.25) is 4.79 Å². The molecule has 224 valence electrons. The molecule has 0 bridgehead atoms. The van der Waals surface area contributed by atoms with E-state index in [2.05, 4.69) is 15.7 Å². The van der Waals surface area contributed by atoms with Gasteiger partial charge in [-0.15, -0.1) is 0 Å². The van der Waals surface area contributed by atoms with Crippen LogP contribution in [-0.2, 0) is 16.1 Å². The van der Waals surface area contributed by atoms with Crippen molar-refractivity contribution in [1.29, 1.82) is 0 Å². The third kappa shape index (κ3) is 6.12. The molecule has 0 N–H and O–H groups in total. The van der Waals surface area contributed by atoms with Gasteiger partial charge in [-0.2, -0.15) is 8.75 Å². The highest BCUT2D eigenvalue weighted by Gasteiger charge is 2.26. The Morgan fingerprint density at radius 2 is 1.72 bits per heavy atom. The number of carbonyl (C=O) groups excluding carboxylic acids is 2. The number of unbranched alkanes of at least 4 members (excludes halogenated alkanes) is 1. The van der Waals surface area contributed by atoms with Crippen molar-refractivity contribution in [2.75, 3.05) is 32.3 Å². The first-order valence-corrected chi connectivity index (χ1v) is 14.8. The molecular weight excluding hydrogens is 568 g/mol. The van der Waals surface area contributed by atoms with Crippen molar-refractivity contribution in [1.82, 2.24) is 13.3 Å². The van der Waals surface area contributed by atoms with Crippen LogP contribution >= 0.6 is 11.7 Å². The molecule has 3 aromatic carbocycles. The highest BCUT2D eigenvalue weighted by atomic mass is 32.1. The number of anilines is 1. The summed E-state index contributed by atoms with van der Waals surface area (Å²) in [4.78, 5) is 27.3. The van der Waals surface area contributed by atoms with Gasteiger partial charge in [0.25, 0.3) is 0 Å². The molecule has 11 heteroatoms. The number of nitrogens with zero attached hydrogens (tertiary/aromatic N) is 4. The van der Waals surface area contributed by atoms with Gasteiger partial charge >= 0.3 is 6.16 Å².